The summed E-state index contributed by atoms with van der Waals surface area (Å²) in [6.45, 7) is 4.05. The highest BCUT2D eigenvalue weighted by molar-refractivity contribution is 5.34. The van der Waals surface area contributed by atoms with Crippen molar-refractivity contribution in [2.75, 3.05) is 19.7 Å². The number of nitriles is 1. The average Bonchev–Trinajstić information content (AvgIpc) is 3.13. The van der Waals surface area contributed by atoms with Crippen molar-refractivity contribution in [1.82, 2.24) is 5.32 Å². The van der Waals surface area contributed by atoms with E-state index in [0.717, 1.165) is 18.4 Å². The van der Waals surface area contributed by atoms with Crippen molar-refractivity contribution >= 4 is 0 Å². The van der Waals surface area contributed by atoms with Crippen molar-refractivity contribution in [3.8, 4) is 11.8 Å². The van der Waals surface area contributed by atoms with Crippen LogP contribution in [0.1, 0.15) is 18.9 Å². The molecular formula is C15H20N2O2. The number of ether oxygens (including phenoxy) is 1. The first-order valence-corrected chi connectivity index (χ1v) is 6.71. The zero-order chi connectivity index (χ0) is 13.7. The topological polar surface area (TPSA) is 65.3 Å². The minimum atomic E-state index is -0.510. The minimum Gasteiger partial charge on any atom is -0.491 e. The van der Waals surface area contributed by atoms with Gasteiger partial charge < -0.3 is 15.2 Å². The predicted octanol–water partition coefficient (Wildman–Crippen LogP) is 1.54. The Morgan fingerprint density at radius 3 is 2.74 bits per heavy atom. The van der Waals surface area contributed by atoms with E-state index in [-0.39, 0.29) is 6.61 Å². The number of benzene rings is 1. The molecule has 1 aliphatic rings. The van der Waals surface area contributed by atoms with Crippen LogP contribution in [0.2, 0.25) is 0 Å². The molecule has 0 aliphatic heterocycles. The Kier molecular flexibility index (Phi) is 4.78. The Balaban J connectivity index is 1.62. The standard InChI is InChI=1S/C15H20N2O2/c1-11-6-13(11)8-17-9-14(18)10-19-15-4-2-12(7-16)3-5-15/h2-5,11,13-14,17-18H,6,8-10H2,1H3. The van der Waals surface area contributed by atoms with Gasteiger partial charge in [0.1, 0.15) is 18.5 Å². The number of hydrogen-bond donors (Lipinski definition) is 2. The summed E-state index contributed by atoms with van der Waals surface area (Å²) in [5, 5.41) is 21.7. The SMILES string of the molecule is CC1CC1CNCC(O)COc1ccc(C#N)cc1. The largest absolute Gasteiger partial charge is 0.491 e. The summed E-state index contributed by atoms with van der Waals surface area (Å²) in [4.78, 5) is 0. The van der Waals surface area contributed by atoms with Crippen molar-refractivity contribution in [3.63, 3.8) is 0 Å². The zero-order valence-corrected chi connectivity index (χ0v) is 11.2. The molecule has 1 aromatic carbocycles. The third-order valence-electron chi connectivity index (χ3n) is 3.49. The number of aliphatic hydroxyl groups excluding tert-OH is 1. The third kappa shape index (κ3) is 4.55. The molecule has 1 aliphatic carbocycles. The highest BCUT2D eigenvalue weighted by Gasteiger charge is 2.31. The van der Waals surface area contributed by atoms with Gasteiger partial charge in [-0.1, -0.05) is 6.92 Å². The van der Waals surface area contributed by atoms with Crippen molar-refractivity contribution < 1.29 is 9.84 Å². The lowest BCUT2D eigenvalue weighted by Crippen LogP contribution is -2.32. The van der Waals surface area contributed by atoms with Crippen LogP contribution in [-0.4, -0.2) is 30.9 Å². The molecule has 0 amide bonds. The van der Waals surface area contributed by atoms with Crippen LogP contribution in [0.15, 0.2) is 24.3 Å². The monoisotopic (exact) mass is 260 g/mol. The Morgan fingerprint density at radius 2 is 2.16 bits per heavy atom. The van der Waals surface area contributed by atoms with E-state index in [4.69, 9.17) is 10.00 Å². The first kappa shape index (κ1) is 13.9. The van der Waals surface area contributed by atoms with Crippen LogP contribution in [0.5, 0.6) is 5.75 Å². The Bertz CT molecular complexity index is 438. The first-order chi connectivity index (χ1) is 9.19. The smallest absolute Gasteiger partial charge is 0.119 e. The fraction of sp³-hybridized carbons (Fsp3) is 0.533. The van der Waals surface area contributed by atoms with Gasteiger partial charge >= 0.3 is 0 Å². The molecule has 2 rings (SSSR count). The van der Waals surface area contributed by atoms with E-state index in [0.29, 0.717) is 17.9 Å². The molecule has 0 bridgehead atoms. The van der Waals surface area contributed by atoms with Crippen LogP contribution in [0.4, 0.5) is 0 Å². The molecule has 4 nitrogen and oxygen atoms in total. The molecule has 3 unspecified atom stereocenters. The van der Waals surface area contributed by atoms with Crippen LogP contribution >= 0.6 is 0 Å². The van der Waals surface area contributed by atoms with Gasteiger partial charge in [-0.15, -0.1) is 0 Å². The van der Waals surface area contributed by atoms with E-state index >= 15 is 0 Å². The number of aliphatic hydroxyl groups is 1. The van der Waals surface area contributed by atoms with Gasteiger partial charge in [0.15, 0.2) is 0 Å². The van der Waals surface area contributed by atoms with Gasteiger partial charge in [0, 0.05) is 6.54 Å². The summed E-state index contributed by atoms with van der Waals surface area (Å²) in [6, 6.07) is 8.94. The van der Waals surface area contributed by atoms with Gasteiger partial charge in [0.25, 0.3) is 0 Å². The maximum Gasteiger partial charge on any atom is 0.119 e. The number of rotatable bonds is 7. The first-order valence-electron chi connectivity index (χ1n) is 6.71. The summed E-state index contributed by atoms with van der Waals surface area (Å²) < 4.78 is 5.46. The molecule has 3 atom stereocenters. The van der Waals surface area contributed by atoms with Gasteiger partial charge in [-0.3, -0.25) is 0 Å². The molecule has 19 heavy (non-hydrogen) atoms. The van der Waals surface area contributed by atoms with Crippen LogP contribution in [-0.2, 0) is 0 Å². The molecule has 1 saturated carbocycles. The molecule has 1 fully saturated rings. The Morgan fingerprint density at radius 1 is 1.47 bits per heavy atom. The minimum absolute atomic E-state index is 0.263. The van der Waals surface area contributed by atoms with Gasteiger partial charge in [-0.2, -0.15) is 5.26 Å². The van der Waals surface area contributed by atoms with Crippen LogP contribution in [0.25, 0.3) is 0 Å². The maximum atomic E-state index is 9.77. The second-order valence-corrected chi connectivity index (χ2v) is 5.23. The van der Waals surface area contributed by atoms with Crippen molar-refractivity contribution in [3.05, 3.63) is 29.8 Å². The average molecular weight is 260 g/mol. The lowest BCUT2D eigenvalue weighted by molar-refractivity contribution is 0.106. The van der Waals surface area contributed by atoms with E-state index < -0.39 is 6.10 Å². The zero-order valence-electron chi connectivity index (χ0n) is 11.2. The molecule has 102 valence electrons. The molecule has 2 N–H and O–H groups in total. The van der Waals surface area contributed by atoms with E-state index in [2.05, 4.69) is 18.3 Å². The number of hydrogen-bond acceptors (Lipinski definition) is 4. The molecule has 0 saturated heterocycles. The normalized spacial score (nSPS) is 22.6. The summed E-state index contributed by atoms with van der Waals surface area (Å²) in [5.74, 6) is 2.29. The van der Waals surface area contributed by atoms with E-state index in [1.807, 2.05) is 0 Å². The highest BCUT2D eigenvalue weighted by atomic mass is 16.5. The van der Waals surface area contributed by atoms with Crippen LogP contribution < -0.4 is 10.1 Å². The van der Waals surface area contributed by atoms with Crippen LogP contribution in [0.3, 0.4) is 0 Å². The Hall–Kier alpha value is -1.57. The molecule has 0 aromatic heterocycles. The summed E-state index contributed by atoms with van der Waals surface area (Å²) in [5.41, 5.74) is 0.605. The Labute approximate surface area is 114 Å². The second-order valence-electron chi connectivity index (χ2n) is 5.23. The lowest BCUT2D eigenvalue weighted by Gasteiger charge is -2.13. The molecule has 1 aromatic rings. The third-order valence-corrected chi connectivity index (χ3v) is 3.49. The van der Waals surface area contributed by atoms with E-state index in [1.165, 1.54) is 6.42 Å². The highest BCUT2D eigenvalue weighted by Crippen LogP contribution is 2.36. The lowest BCUT2D eigenvalue weighted by atomic mass is 10.2. The number of nitrogens with one attached hydrogen (secondary N) is 1. The maximum absolute atomic E-state index is 9.77. The quantitative estimate of drug-likeness (QED) is 0.780. The molecule has 0 spiro atoms. The summed E-state index contributed by atoms with van der Waals surface area (Å²) in [7, 11) is 0. The molecule has 4 heteroatoms. The van der Waals surface area contributed by atoms with Crippen molar-refractivity contribution in [2.45, 2.75) is 19.4 Å². The van der Waals surface area contributed by atoms with Gasteiger partial charge in [-0.05, 0) is 49.1 Å². The second kappa shape index (κ2) is 6.55. The molecule has 0 radical (unpaired) electrons. The van der Waals surface area contributed by atoms with Gasteiger partial charge in [-0.25, -0.2) is 0 Å². The summed E-state index contributed by atoms with van der Waals surface area (Å²) in [6.07, 6.45) is 0.787. The van der Waals surface area contributed by atoms with E-state index in [9.17, 15) is 5.11 Å². The van der Waals surface area contributed by atoms with Gasteiger partial charge in [0.05, 0.1) is 11.6 Å². The van der Waals surface area contributed by atoms with Crippen LogP contribution in [0, 0.1) is 23.2 Å². The van der Waals surface area contributed by atoms with E-state index in [1.54, 1.807) is 24.3 Å². The van der Waals surface area contributed by atoms with Gasteiger partial charge in [0.2, 0.25) is 0 Å². The fourth-order valence-corrected chi connectivity index (χ4v) is 2.00. The van der Waals surface area contributed by atoms with Crippen molar-refractivity contribution in [1.29, 1.82) is 5.26 Å². The predicted molar refractivity (Wildman–Crippen MR) is 72.8 cm³/mol. The van der Waals surface area contributed by atoms with Crippen molar-refractivity contribution in [2.24, 2.45) is 11.8 Å². The number of nitrogens with zero attached hydrogens (tertiary/aromatic N) is 1. The fourth-order valence-electron chi connectivity index (χ4n) is 2.00. The molecular weight excluding hydrogens is 240 g/mol. The molecule has 0 heterocycles. The summed E-state index contributed by atoms with van der Waals surface area (Å²) >= 11 is 0.